The van der Waals surface area contributed by atoms with Gasteiger partial charge in [-0.3, -0.25) is 0 Å². The van der Waals surface area contributed by atoms with Gasteiger partial charge in [0, 0.05) is 10.7 Å². The van der Waals surface area contributed by atoms with Gasteiger partial charge in [-0.15, -0.1) is 0 Å². The van der Waals surface area contributed by atoms with Crippen LogP contribution in [0.25, 0.3) is 15.8 Å². The minimum atomic E-state index is -4.48. The molecule has 0 fully saturated rings. The fraction of sp³-hybridized carbons (Fsp3) is 0.0476. The maximum atomic E-state index is 12.8. The van der Waals surface area contributed by atoms with Gasteiger partial charge in [0.25, 0.3) is 0 Å². The summed E-state index contributed by atoms with van der Waals surface area (Å²) >= 11 is 5.81. The van der Waals surface area contributed by atoms with Crippen LogP contribution in [0, 0.1) is 0 Å². The van der Waals surface area contributed by atoms with Crippen LogP contribution >= 0.6 is 11.6 Å². The largest absolute Gasteiger partial charge is 0.431 e. The van der Waals surface area contributed by atoms with Crippen LogP contribution in [0.15, 0.2) is 77.7 Å². The zero-order chi connectivity index (χ0) is 22.9. The molecule has 0 saturated carbocycles. The third kappa shape index (κ3) is 4.76. The second-order valence-electron chi connectivity index (χ2n) is 6.60. The van der Waals surface area contributed by atoms with E-state index < -0.39 is 21.8 Å². The smallest absolute Gasteiger partial charge is 0.416 e. The van der Waals surface area contributed by atoms with Crippen LogP contribution in [-0.4, -0.2) is 18.4 Å². The second-order valence-corrected chi connectivity index (χ2v) is 8.65. The van der Waals surface area contributed by atoms with E-state index >= 15 is 0 Å². The van der Waals surface area contributed by atoms with Crippen LogP contribution in [-0.2, 0) is 16.2 Å². The van der Waals surface area contributed by atoms with E-state index in [1.165, 1.54) is 36.4 Å². The van der Waals surface area contributed by atoms with E-state index in [0.29, 0.717) is 16.1 Å². The van der Waals surface area contributed by atoms with Gasteiger partial charge in [-0.25, -0.2) is 13.4 Å². The van der Waals surface area contributed by atoms with Crippen molar-refractivity contribution in [3.05, 3.63) is 88.1 Å². The molecule has 1 aromatic heterocycles. The summed E-state index contributed by atoms with van der Waals surface area (Å²) in [7, 11) is -4.16. The van der Waals surface area contributed by atoms with E-state index in [2.05, 4.69) is 20.0 Å². The van der Waals surface area contributed by atoms with Crippen LogP contribution in [0.1, 0.15) is 5.56 Å². The fourth-order valence-corrected chi connectivity index (χ4v) is 3.86. The predicted octanol–water partition coefficient (Wildman–Crippen LogP) is 6.44. The van der Waals surface area contributed by atoms with E-state index in [4.69, 9.17) is 11.6 Å². The highest BCUT2D eigenvalue weighted by Gasteiger charge is 2.30. The van der Waals surface area contributed by atoms with E-state index in [-0.39, 0.29) is 22.2 Å². The normalized spacial score (nSPS) is 12.0. The second kappa shape index (κ2) is 8.29. The van der Waals surface area contributed by atoms with Crippen molar-refractivity contribution >= 4 is 50.0 Å². The number of para-hydroxylation sites is 2. The number of nitrogens with zero attached hydrogens (tertiary/aromatic N) is 3. The third-order valence-electron chi connectivity index (χ3n) is 4.35. The average Bonchev–Trinajstić information content (AvgIpc) is 2.74. The SMILES string of the molecule is O=S(=O)([N-]c1nc2ccccc2nc1Nc1ccc(C(F)(F)F)cc1)c1ccc(Cl)cc1. The number of nitrogens with one attached hydrogen (secondary N) is 1. The summed E-state index contributed by atoms with van der Waals surface area (Å²) in [5.41, 5.74) is 0.283. The van der Waals surface area contributed by atoms with Crippen LogP contribution in [0.3, 0.4) is 0 Å². The number of hydrogen-bond acceptors (Lipinski definition) is 5. The highest BCUT2D eigenvalue weighted by Crippen LogP contribution is 2.36. The molecule has 0 aliphatic heterocycles. The Hall–Kier alpha value is -3.37. The zero-order valence-corrected chi connectivity index (χ0v) is 17.6. The van der Waals surface area contributed by atoms with Crippen molar-refractivity contribution in [1.82, 2.24) is 9.97 Å². The predicted molar refractivity (Wildman–Crippen MR) is 116 cm³/mol. The Balaban J connectivity index is 1.73. The van der Waals surface area contributed by atoms with E-state index in [0.717, 1.165) is 12.1 Å². The first-order chi connectivity index (χ1) is 15.1. The number of aromatic nitrogens is 2. The lowest BCUT2D eigenvalue weighted by Gasteiger charge is -2.21. The molecule has 164 valence electrons. The van der Waals surface area contributed by atoms with Gasteiger partial charge in [0.15, 0.2) is 0 Å². The lowest BCUT2D eigenvalue weighted by molar-refractivity contribution is -0.137. The first-order valence-corrected chi connectivity index (χ1v) is 10.9. The van der Waals surface area contributed by atoms with Crippen LogP contribution < -0.4 is 5.32 Å². The van der Waals surface area contributed by atoms with E-state index in [1.807, 2.05) is 0 Å². The lowest BCUT2D eigenvalue weighted by atomic mass is 10.2. The molecule has 32 heavy (non-hydrogen) atoms. The molecule has 11 heteroatoms. The molecule has 1 N–H and O–H groups in total. The van der Waals surface area contributed by atoms with E-state index in [1.54, 1.807) is 24.3 Å². The highest BCUT2D eigenvalue weighted by atomic mass is 35.5. The molecule has 4 rings (SSSR count). The molecule has 0 amide bonds. The van der Waals surface area contributed by atoms with Crippen molar-refractivity contribution in [3.63, 3.8) is 0 Å². The van der Waals surface area contributed by atoms with Gasteiger partial charge in [0.1, 0.15) is 5.82 Å². The Bertz CT molecular complexity index is 1380. The number of rotatable bonds is 5. The summed E-state index contributed by atoms with van der Waals surface area (Å²) in [4.78, 5) is 8.54. The van der Waals surface area contributed by atoms with Gasteiger partial charge < -0.3 is 15.0 Å². The molecule has 3 aromatic carbocycles. The zero-order valence-electron chi connectivity index (χ0n) is 16.0. The van der Waals surface area contributed by atoms with Crippen molar-refractivity contribution in [1.29, 1.82) is 0 Å². The molecule has 0 atom stereocenters. The summed E-state index contributed by atoms with van der Waals surface area (Å²) in [5.74, 6) is -0.264. The fourth-order valence-electron chi connectivity index (χ4n) is 2.79. The van der Waals surface area contributed by atoms with Gasteiger partial charge in [-0.2, -0.15) is 13.2 Å². The standard InChI is InChI=1S/C21H13ClF3N4O2S/c22-14-7-11-16(12-8-14)32(30,31)29-20-19(27-17-3-1-2-4-18(17)28-20)26-15-9-5-13(6-10-15)21(23,24)25/h1-12H,(H-,26,27,28,29)/q-1. The Morgan fingerprint density at radius 1 is 0.844 bits per heavy atom. The highest BCUT2D eigenvalue weighted by molar-refractivity contribution is 7.94. The average molecular weight is 478 g/mol. The van der Waals surface area contributed by atoms with E-state index in [9.17, 15) is 21.6 Å². The number of fused-ring (bicyclic) bond motifs is 1. The first kappa shape index (κ1) is 21.8. The number of halogens is 4. The molecule has 0 bridgehead atoms. The number of alkyl halides is 3. The summed E-state index contributed by atoms with van der Waals surface area (Å²) in [5, 5.41) is 3.17. The number of sulfonamides is 1. The molecule has 0 aliphatic carbocycles. The van der Waals surface area contributed by atoms with Crippen LogP contribution in [0.5, 0.6) is 0 Å². The van der Waals surface area contributed by atoms with Gasteiger partial charge in [-0.1, -0.05) is 29.8 Å². The molecule has 0 saturated heterocycles. The molecule has 0 spiro atoms. The number of hydrogen-bond donors (Lipinski definition) is 1. The Morgan fingerprint density at radius 2 is 1.44 bits per heavy atom. The number of benzene rings is 3. The topological polar surface area (TPSA) is 86.1 Å². The molecule has 1 heterocycles. The maximum absolute atomic E-state index is 12.8. The summed E-state index contributed by atoms with van der Waals surface area (Å²) in [6.45, 7) is 0. The van der Waals surface area contributed by atoms with Crippen molar-refractivity contribution in [2.24, 2.45) is 0 Å². The van der Waals surface area contributed by atoms with Crippen molar-refractivity contribution < 1.29 is 21.6 Å². The van der Waals surface area contributed by atoms with Crippen molar-refractivity contribution in [2.75, 3.05) is 5.32 Å². The first-order valence-electron chi connectivity index (χ1n) is 9.06. The van der Waals surface area contributed by atoms with Gasteiger partial charge in [0.2, 0.25) is 10.0 Å². The Kier molecular flexibility index (Phi) is 5.66. The molecule has 0 radical (unpaired) electrons. The summed E-state index contributed by atoms with van der Waals surface area (Å²) < 4.78 is 67.8. The summed E-state index contributed by atoms with van der Waals surface area (Å²) in [6.07, 6.45) is -4.48. The summed E-state index contributed by atoms with van der Waals surface area (Å²) in [6, 6.07) is 16.4. The van der Waals surface area contributed by atoms with Gasteiger partial charge >= 0.3 is 6.18 Å². The molecule has 4 aromatic rings. The monoisotopic (exact) mass is 477 g/mol. The lowest BCUT2D eigenvalue weighted by Crippen LogP contribution is -2.05. The van der Waals surface area contributed by atoms with Crippen LogP contribution in [0.2, 0.25) is 5.02 Å². The Labute approximate surface area is 186 Å². The molecular weight excluding hydrogens is 465 g/mol. The maximum Gasteiger partial charge on any atom is 0.416 e. The molecule has 0 unspecified atom stereocenters. The molecule has 0 aliphatic rings. The van der Waals surface area contributed by atoms with Crippen LogP contribution in [0.4, 0.5) is 30.5 Å². The molecule has 6 nitrogen and oxygen atoms in total. The molecular formula is C21H13ClF3N4O2S-. The van der Waals surface area contributed by atoms with Gasteiger partial charge in [-0.05, 0) is 65.9 Å². The minimum Gasteiger partial charge on any atom is -0.431 e. The van der Waals surface area contributed by atoms with Crippen molar-refractivity contribution in [3.8, 4) is 0 Å². The van der Waals surface area contributed by atoms with Crippen molar-refractivity contribution in [2.45, 2.75) is 11.1 Å². The third-order valence-corrected chi connectivity index (χ3v) is 5.88. The minimum absolute atomic E-state index is 0.0269. The quantitative estimate of drug-likeness (QED) is 0.357. The van der Waals surface area contributed by atoms with Gasteiger partial charge in [0.05, 0.1) is 16.0 Å². The Morgan fingerprint density at radius 3 is 2.03 bits per heavy atom. The number of anilines is 2.